The third-order valence-electron chi connectivity index (χ3n) is 5.21. The van der Waals surface area contributed by atoms with Crippen LogP contribution in [0.3, 0.4) is 0 Å². The van der Waals surface area contributed by atoms with Crippen LogP contribution in [0.1, 0.15) is 58.3 Å². The predicted molar refractivity (Wildman–Crippen MR) is 87.7 cm³/mol. The molecule has 1 amide bonds. The van der Waals surface area contributed by atoms with Crippen LogP contribution in [0.25, 0.3) is 0 Å². The van der Waals surface area contributed by atoms with Crippen LogP contribution < -0.4 is 10.6 Å². The van der Waals surface area contributed by atoms with E-state index in [-0.39, 0.29) is 29.8 Å². The molecule has 2 unspecified atom stereocenters. The van der Waals surface area contributed by atoms with Gasteiger partial charge in [-0.15, -0.1) is 12.4 Å². The van der Waals surface area contributed by atoms with Crippen molar-refractivity contribution >= 4 is 18.3 Å². The van der Waals surface area contributed by atoms with Crippen LogP contribution in [-0.2, 0) is 4.79 Å². The van der Waals surface area contributed by atoms with E-state index in [1.54, 1.807) is 0 Å². The summed E-state index contributed by atoms with van der Waals surface area (Å²) in [7, 11) is 0. The molecule has 0 aromatic rings. The van der Waals surface area contributed by atoms with Gasteiger partial charge in [0.1, 0.15) is 0 Å². The van der Waals surface area contributed by atoms with Gasteiger partial charge in [0.25, 0.3) is 0 Å². The molecule has 1 aliphatic heterocycles. The standard InChI is InChI=1S/C16H30N2O2.ClH/c1-16(9-3-2-4-14(16)19)12-18-15(20)6-5-13-7-10-17-11-8-13;/h13-14,17,19H,2-12H2,1H3,(H,18,20);1H. The van der Waals surface area contributed by atoms with Gasteiger partial charge in [0.2, 0.25) is 5.91 Å². The Balaban J connectivity index is 0.00000220. The number of aliphatic hydroxyl groups is 1. The first-order chi connectivity index (χ1) is 9.60. The van der Waals surface area contributed by atoms with E-state index in [0.29, 0.717) is 18.9 Å². The summed E-state index contributed by atoms with van der Waals surface area (Å²) in [5, 5.41) is 16.5. The zero-order valence-corrected chi connectivity index (χ0v) is 14.0. The molecule has 124 valence electrons. The quantitative estimate of drug-likeness (QED) is 0.728. The lowest BCUT2D eigenvalue weighted by Gasteiger charge is -2.38. The van der Waals surface area contributed by atoms with Crippen LogP contribution >= 0.6 is 12.4 Å². The van der Waals surface area contributed by atoms with Crippen LogP contribution in [0.4, 0.5) is 0 Å². The van der Waals surface area contributed by atoms with E-state index >= 15 is 0 Å². The first kappa shape index (κ1) is 18.7. The zero-order chi connectivity index (χ0) is 14.4. The van der Waals surface area contributed by atoms with Gasteiger partial charge in [-0.2, -0.15) is 0 Å². The molecule has 2 atom stereocenters. The summed E-state index contributed by atoms with van der Waals surface area (Å²) in [5.41, 5.74) is -0.122. The molecule has 2 rings (SSSR count). The van der Waals surface area contributed by atoms with E-state index in [9.17, 15) is 9.90 Å². The van der Waals surface area contributed by atoms with Gasteiger partial charge in [-0.05, 0) is 51.1 Å². The topological polar surface area (TPSA) is 61.4 Å². The smallest absolute Gasteiger partial charge is 0.220 e. The zero-order valence-electron chi connectivity index (χ0n) is 13.2. The van der Waals surface area contributed by atoms with E-state index in [1.807, 2.05) is 0 Å². The summed E-state index contributed by atoms with van der Waals surface area (Å²) >= 11 is 0. The van der Waals surface area contributed by atoms with Crippen molar-refractivity contribution in [2.75, 3.05) is 19.6 Å². The molecule has 3 N–H and O–H groups in total. The summed E-state index contributed by atoms with van der Waals surface area (Å²) in [6.07, 6.45) is 7.95. The highest BCUT2D eigenvalue weighted by Gasteiger charge is 2.35. The van der Waals surface area contributed by atoms with Gasteiger partial charge < -0.3 is 15.7 Å². The van der Waals surface area contributed by atoms with Gasteiger partial charge in [0, 0.05) is 18.4 Å². The molecule has 2 aliphatic rings. The molecule has 5 heteroatoms. The number of carbonyl (C=O) groups is 1. The number of hydrogen-bond acceptors (Lipinski definition) is 3. The van der Waals surface area contributed by atoms with E-state index < -0.39 is 0 Å². The maximum Gasteiger partial charge on any atom is 0.220 e. The summed E-state index contributed by atoms with van der Waals surface area (Å²) in [4.78, 5) is 12.0. The third kappa shape index (κ3) is 5.76. The van der Waals surface area contributed by atoms with Crippen molar-refractivity contribution in [1.29, 1.82) is 0 Å². The normalized spacial score (nSPS) is 30.5. The molecule has 1 saturated carbocycles. The van der Waals surface area contributed by atoms with Crippen LogP contribution in [0, 0.1) is 11.3 Å². The molecule has 0 spiro atoms. The fourth-order valence-corrected chi connectivity index (χ4v) is 3.48. The predicted octanol–water partition coefficient (Wildman–Crippen LogP) is 2.25. The van der Waals surface area contributed by atoms with E-state index in [1.165, 1.54) is 19.3 Å². The molecular weight excluding hydrogens is 288 g/mol. The van der Waals surface area contributed by atoms with Crippen LogP contribution in [0.5, 0.6) is 0 Å². The number of hydrogen-bond donors (Lipinski definition) is 3. The van der Waals surface area contributed by atoms with Crippen LogP contribution in [0.15, 0.2) is 0 Å². The van der Waals surface area contributed by atoms with E-state index in [4.69, 9.17) is 0 Å². The van der Waals surface area contributed by atoms with Crippen LogP contribution in [-0.4, -0.2) is 36.8 Å². The maximum atomic E-state index is 12.0. The minimum Gasteiger partial charge on any atom is -0.392 e. The molecule has 1 heterocycles. The fraction of sp³-hybridized carbons (Fsp3) is 0.938. The monoisotopic (exact) mass is 318 g/mol. The van der Waals surface area contributed by atoms with E-state index in [2.05, 4.69) is 17.6 Å². The number of rotatable bonds is 5. The molecule has 21 heavy (non-hydrogen) atoms. The Morgan fingerprint density at radius 3 is 2.67 bits per heavy atom. The van der Waals surface area contributed by atoms with Crippen molar-refractivity contribution < 1.29 is 9.90 Å². The average Bonchev–Trinajstić information content (AvgIpc) is 2.47. The van der Waals surface area contributed by atoms with Crippen LogP contribution in [0.2, 0.25) is 0 Å². The van der Waals surface area contributed by atoms with Gasteiger partial charge in [-0.25, -0.2) is 0 Å². The first-order valence-electron chi connectivity index (χ1n) is 8.26. The second-order valence-corrected chi connectivity index (χ2v) is 6.92. The third-order valence-corrected chi connectivity index (χ3v) is 5.21. The molecule has 0 aromatic carbocycles. The van der Waals surface area contributed by atoms with Gasteiger partial charge in [-0.3, -0.25) is 4.79 Å². The summed E-state index contributed by atoms with van der Waals surface area (Å²) in [6.45, 7) is 4.91. The molecular formula is C16H31ClN2O2. The number of aliphatic hydroxyl groups excluding tert-OH is 1. The summed E-state index contributed by atoms with van der Waals surface area (Å²) < 4.78 is 0. The largest absolute Gasteiger partial charge is 0.392 e. The van der Waals surface area contributed by atoms with Crippen molar-refractivity contribution in [3.8, 4) is 0 Å². The number of nitrogens with one attached hydrogen (secondary N) is 2. The highest BCUT2D eigenvalue weighted by atomic mass is 35.5. The SMILES string of the molecule is CC1(CNC(=O)CCC2CCNCC2)CCCCC1O.Cl. The van der Waals surface area contributed by atoms with Gasteiger partial charge in [-0.1, -0.05) is 19.8 Å². The minimum absolute atomic E-state index is 0. The average molecular weight is 319 g/mol. The fourth-order valence-electron chi connectivity index (χ4n) is 3.48. The Kier molecular flexibility index (Phi) is 7.99. The van der Waals surface area contributed by atoms with Gasteiger partial charge >= 0.3 is 0 Å². The Hall–Kier alpha value is -0.320. The maximum absolute atomic E-state index is 12.0. The highest BCUT2D eigenvalue weighted by Crippen LogP contribution is 2.35. The van der Waals surface area contributed by atoms with Crippen molar-refractivity contribution in [3.63, 3.8) is 0 Å². The molecule has 0 bridgehead atoms. The molecule has 1 aliphatic carbocycles. The highest BCUT2D eigenvalue weighted by molar-refractivity contribution is 5.85. The lowest BCUT2D eigenvalue weighted by molar-refractivity contribution is -0.122. The van der Waals surface area contributed by atoms with Gasteiger partial charge in [0.05, 0.1) is 6.10 Å². The van der Waals surface area contributed by atoms with Crippen molar-refractivity contribution in [3.05, 3.63) is 0 Å². The summed E-state index contributed by atoms with van der Waals surface area (Å²) in [6, 6.07) is 0. The summed E-state index contributed by atoms with van der Waals surface area (Å²) in [5.74, 6) is 0.861. The number of piperidine rings is 1. The Bertz CT molecular complexity index is 321. The minimum atomic E-state index is -0.263. The molecule has 0 aromatic heterocycles. The molecule has 0 radical (unpaired) electrons. The van der Waals surface area contributed by atoms with E-state index in [0.717, 1.165) is 38.8 Å². The molecule has 2 fully saturated rings. The van der Waals surface area contributed by atoms with Crippen molar-refractivity contribution in [2.45, 2.75) is 64.4 Å². The Morgan fingerprint density at radius 1 is 1.29 bits per heavy atom. The second-order valence-electron chi connectivity index (χ2n) is 6.92. The first-order valence-corrected chi connectivity index (χ1v) is 8.26. The molecule has 4 nitrogen and oxygen atoms in total. The molecule has 1 saturated heterocycles. The van der Waals surface area contributed by atoms with Crippen molar-refractivity contribution in [2.24, 2.45) is 11.3 Å². The second kappa shape index (κ2) is 8.96. The number of halogens is 1. The lowest BCUT2D eigenvalue weighted by Crippen LogP contribution is -2.45. The van der Waals surface area contributed by atoms with Gasteiger partial charge in [0.15, 0.2) is 0 Å². The Labute approximate surface area is 134 Å². The lowest BCUT2D eigenvalue weighted by atomic mass is 9.73. The van der Waals surface area contributed by atoms with Crippen molar-refractivity contribution in [1.82, 2.24) is 10.6 Å². The number of amides is 1. The number of carbonyl (C=O) groups excluding carboxylic acids is 1. The Morgan fingerprint density at radius 2 is 2.00 bits per heavy atom.